The molecule has 1 aromatic carbocycles. The molecule has 1 aromatic heterocycles. The highest BCUT2D eigenvalue weighted by molar-refractivity contribution is 7.09. The van der Waals surface area contributed by atoms with Gasteiger partial charge in [-0.25, -0.2) is 4.98 Å². The van der Waals surface area contributed by atoms with Gasteiger partial charge < -0.3 is 20.1 Å². The SMILES string of the molecule is CCOc1ccc(NC(=NC)NCCc2csc(C)n2)cc1OC. The lowest BCUT2D eigenvalue weighted by molar-refractivity contribution is 0.311. The number of hydrogen-bond acceptors (Lipinski definition) is 5. The molecule has 0 aliphatic heterocycles. The smallest absolute Gasteiger partial charge is 0.195 e. The lowest BCUT2D eigenvalue weighted by Crippen LogP contribution is -2.32. The van der Waals surface area contributed by atoms with Crippen LogP contribution in [0.4, 0.5) is 5.69 Å². The summed E-state index contributed by atoms with van der Waals surface area (Å²) in [4.78, 5) is 8.69. The van der Waals surface area contributed by atoms with E-state index in [2.05, 4.69) is 26.0 Å². The van der Waals surface area contributed by atoms with Gasteiger partial charge in [0.25, 0.3) is 0 Å². The number of thiazole rings is 1. The molecule has 1 heterocycles. The van der Waals surface area contributed by atoms with Crippen LogP contribution in [-0.4, -0.2) is 38.3 Å². The Balaban J connectivity index is 1.92. The molecule has 0 aliphatic rings. The minimum absolute atomic E-state index is 0.600. The largest absolute Gasteiger partial charge is 0.493 e. The van der Waals surface area contributed by atoms with Crippen LogP contribution in [0.2, 0.25) is 0 Å². The molecule has 0 spiro atoms. The standard InChI is InChI=1S/C17H24N4O2S/c1-5-23-15-7-6-13(10-16(15)22-4)21-17(18-3)19-9-8-14-11-24-12(2)20-14/h6-7,10-11H,5,8-9H2,1-4H3,(H2,18,19,21). The number of aliphatic imine (C=N–C) groups is 1. The van der Waals surface area contributed by atoms with E-state index >= 15 is 0 Å². The van der Waals surface area contributed by atoms with Gasteiger partial charge in [-0.15, -0.1) is 11.3 Å². The minimum Gasteiger partial charge on any atom is -0.493 e. The summed E-state index contributed by atoms with van der Waals surface area (Å²) >= 11 is 1.67. The van der Waals surface area contributed by atoms with E-state index in [1.54, 1.807) is 25.5 Å². The van der Waals surface area contributed by atoms with Crippen LogP contribution in [0.1, 0.15) is 17.6 Å². The Hall–Kier alpha value is -2.28. The zero-order valence-electron chi connectivity index (χ0n) is 14.5. The fraction of sp³-hybridized carbons (Fsp3) is 0.412. The van der Waals surface area contributed by atoms with E-state index in [1.807, 2.05) is 32.0 Å². The number of nitrogens with zero attached hydrogens (tertiary/aromatic N) is 2. The van der Waals surface area contributed by atoms with Gasteiger partial charge in [-0.3, -0.25) is 4.99 Å². The molecule has 7 heteroatoms. The summed E-state index contributed by atoms with van der Waals surface area (Å²) in [6.07, 6.45) is 0.859. The van der Waals surface area contributed by atoms with Crippen molar-refractivity contribution < 1.29 is 9.47 Å². The van der Waals surface area contributed by atoms with E-state index in [0.717, 1.165) is 35.1 Å². The van der Waals surface area contributed by atoms with Crippen LogP contribution in [0.25, 0.3) is 0 Å². The van der Waals surface area contributed by atoms with Gasteiger partial charge in [-0.2, -0.15) is 0 Å². The summed E-state index contributed by atoms with van der Waals surface area (Å²) in [5.74, 6) is 2.12. The van der Waals surface area contributed by atoms with E-state index < -0.39 is 0 Å². The van der Waals surface area contributed by atoms with Crippen LogP contribution >= 0.6 is 11.3 Å². The van der Waals surface area contributed by atoms with Crippen LogP contribution in [0, 0.1) is 6.92 Å². The lowest BCUT2D eigenvalue weighted by atomic mass is 10.2. The predicted octanol–water partition coefficient (Wildman–Crippen LogP) is 3.09. The highest BCUT2D eigenvalue weighted by Crippen LogP contribution is 2.30. The molecule has 0 saturated carbocycles. The van der Waals surface area contributed by atoms with Gasteiger partial charge in [-0.05, 0) is 26.0 Å². The molecule has 130 valence electrons. The number of nitrogens with one attached hydrogen (secondary N) is 2. The summed E-state index contributed by atoms with van der Waals surface area (Å²) in [6, 6.07) is 5.71. The Morgan fingerprint density at radius 1 is 1.33 bits per heavy atom. The molecule has 2 aromatic rings. The third kappa shape index (κ3) is 5.13. The Bertz CT molecular complexity index is 685. The second-order valence-electron chi connectivity index (χ2n) is 5.03. The molecule has 0 atom stereocenters. The topological polar surface area (TPSA) is 67.8 Å². The molecule has 24 heavy (non-hydrogen) atoms. The third-order valence-corrected chi connectivity index (χ3v) is 4.11. The lowest BCUT2D eigenvalue weighted by Gasteiger charge is -2.14. The molecule has 2 rings (SSSR count). The molecule has 6 nitrogen and oxygen atoms in total. The average Bonchev–Trinajstić information content (AvgIpc) is 3.00. The fourth-order valence-electron chi connectivity index (χ4n) is 2.17. The maximum atomic E-state index is 5.53. The van der Waals surface area contributed by atoms with Crippen LogP contribution in [0.5, 0.6) is 11.5 Å². The van der Waals surface area contributed by atoms with E-state index in [0.29, 0.717) is 18.3 Å². The Kier molecular flexibility index (Phi) is 6.87. The van der Waals surface area contributed by atoms with Crippen LogP contribution in [-0.2, 0) is 6.42 Å². The van der Waals surface area contributed by atoms with Gasteiger partial charge in [0.15, 0.2) is 17.5 Å². The number of rotatable bonds is 7. The summed E-state index contributed by atoms with van der Waals surface area (Å²) in [5.41, 5.74) is 1.98. The number of benzene rings is 1. The number of guanidine groups is 1. The molecule has 0 amide bonds. The van der Waals surface area contributed by atoms with Crippen molar-refractivity contribution in [1.82, 2.24) is 10.3 Å². The minimum atomic E-state index is 0.600. The zero-order chi connectivity index (χ0) is 17.4. The summed E-state index contributed by atoms with van der Waals surface area (Å²) in [5, 5.41) is 9.71. The van der Waals surface area contributed by atoms with Crippen LogP contribution < -0.4 is 20.1 Å². The first kappa shape index (κ1) is 18.1. The molecule has 0 bridgehead atoms. The van der Waals surface area contributed by atoms with Crippen molar-refractivity contribution in [2.24, 2.45) is 4.99 Å². The first-order valence-corrected chi connectivity index (χ1v) is 8.73. The maximum Gasteiger partial charge on any atom is 0.195 e. The van der Waals surface area contributed by atoms with Gasteiger partial charge in [0.05, 0.1) is 24.4 Å². The number of aryl methyl sites for hydroxylation is 1. The van der Waals surface area contributed by atoms with Crippen molar-refractivity contribution in [3.8, 4) is 11.5 Å². The third-order valence-electron chi connectivity index (χ3n) is 3.29. The molecule has 0 saturated heterocycles. The van der Waals surface area contributed by atoms with Gasteiger partial charge in [0.1, 0.15) is 0 Å². The summed E-state index contributed by atoms with van der Waals surface area (Å²) < 4.78 is 10.9. The summed E-state index contributed by atoms with van der Waals surface area (Å²) in [6.45, 7) is 5.32. The zero-order valence-corrected chi connectivity index (χ0v) is 15.4. The first-order valence-electron chi connectivity index (χ1n) is 7.85. The molecular weight excluding hydrogens is 324 g/mol. The Morgan fingerprint density at radius 3 is 2.79 bits per heavy atom. The average molecular weight is 348 g/mol. The molecule has 0 aliphatic carbocycles. The molecule has 0 fully saturated rings. The number of ether oxygens (including phenoxy) is 2. The van der Waals surface area contributed by atoms with Crippen molar-refractivity contribution in [3.05, 3.63) is 34.3 Å². The van der Waals surface area contributed by atoms with Crippen molar-refractivity contribution >= 4 is 23.0 Å². The van der Waals surface area contributed by atoms with Crippen molar-refractivity contribution in [3.63, 3.8) is 0 Å². The first-order chi connectivity index (χ1) is 11.7. The number of hydrogen-bond donors (Lipinski definition) is 2. The monoisotopic (exact) mass is 348 g/mol. The van der Waals surface area contributed by atoms with Crippen molar-refractivity contribution in [2.75, 3.05) is 32.6 Å². The Morgan fingerprint density at radius 2 is 2.17 bits per heavy atom. The van der Waals surface area contributed by atoms with Crippen LogP contribution in [0.15, 0.2) is 28.6 Å². The second-order valence-corrected chi connectivity index (χ2v) is 6.09. The van der Waals surface area contributed by atoms with E-state index in [-0.39, 0.29) is 0 Å². The quantitative estimate of drug-likeness (QED) is 0.594. The normalized spacial score (nSPS) is 11.2. The van der Waals surface area contributed by atoms with Gasteiger partial charge in [-0.1, -0.05) is 0 Å². The highest BCUT2D eigenvalue weighted by atomic mass is 32.1. The van der Waals surface area contributed by atoms with Crippen molar-refractivity contribution in [1.29, 1.82) is 0 Å². The Labute approximate surface area is 146 Å². The van der Waals surface area contributed by atoms with E-state index in [9.17, 15) is 0 Å². The van der Waals surface area contributed by atoms with E-state index in [1.165, 1.54) is 0 Å². The van der Waals surface area contributed by atoms with Crippen LogP contribution in [0.3, 0.4) is 0 Å². The fourth-order valence-corrected chi connectivity index (χ4v) is 2.82. The second kappa shape index (κ2) is 9.12. The van der Waals surface area contributed by atoms with Gasteiger partial charge >= 0.3 is 0 Å². The molecular formula is C17H24N4O2S. The van der Waals surface area contributed by atoms with Gasteiger partial charge in [0, 0.05) is 37.1 Å². The highest BCUT2D eigenvalue weighted by Gasteiger charge is 2.07. The molecule has 0 radical (unpaired) electrons. The van der Waals surface area contributed by atoms with E-state index in [4.69, 9.17) is 9.47 Å². The maximum absolute atomic E-state index is 5.53. The van der Waals surface area contributed by atoms with Crippen molar-refractivity contribution in [2.45, 2.75) is 20.3 Å². The summed E-state index contributed by atoms with van der Waals surface area (Å²) in [7, 11) is 3.37. The molecule has 2 N–H and O–H groups in total. The van der Waals surface area contributed by atoms with Gasteiger partial charge in [0.2, 0.25) is 0 Å². The number of aromatic nitrogens is 1. The molecule has 0 unspecified atom stereocenters. The predicted molar refractivity (Wildman–Crippen MR) is 99.7 cm³/mol. The number of methoxy groups -OCH3 is 1. The number of anilines is 1.